The fourth-order valence-corrected chi connectivity index (χ4v) is 2.40. The van der Waals surface area contributed by atoms with Crippen LogP contribution in [0, 0.1) is 5.92 Å². The molecule has 19 heavy (non-hydrogen) atoms. The van der Waals surface area contributed by atoms with Crippen molar-refractivity contribution in [2.45, 2.75) is 51.7 Å². The highest BCUT2D eigenvalue weighted by atomic mass is 19.4. The number of hydrogen-bond acceptors (Lipinski definition) is 1. The van der Waals surface area contributed by atoms with E-state index in [9.17, 15) is 13.2 Å². The predicted octanol–water partition coefficient (Wildman–Crippen LogP) is 4.92. The van der Waals surface area contributed by atoms with Crippen molar-refractivity contribution in [3.63, 3.8) is 0 Å². The van der Waals surface area contributed by atoms with Gasteiger partial charge in [-0.15, -0.1) is 0 Å². The molecule has 0 saturated carbocycles. The molecule has 0 aliphatic heterocycles. The van der Waals surface area contributed by atoms with Gasteiger partial charge in [-0.1, -0.05) is 51.3 Å². The summed E-state index contributed by atoms with van der Waals surface area (Å²) in [6.07, 6.45) is -0.629. The van der Waals surface area contributed by atoms with Crippen LogP contribution in [0.4, 0.5) is 13.2 Å². The normalized spacial score (nSPS) is 15.3. The molecule has 2 atom stereocenters. The zero-order valence-corrected chi connectivity index (χ0v) is 11.5. The van der Waals surface area contributed by atoms with Crippen LogP contribution >= 0.6 is 0 Å². The van der Waals surface area contributed by atoms with Crippen LogP contribution in [0.5, 0.6) is 0 Å². The zero-order chi connectivity index (χ0) is 14.5. The van der Waals surface area contributed by atoms with Crippen LogP contribution in [0.25, 0.3) is 0 Å². The molecule has 1 rings (SSSR count). The van der Waals surface area contributed by atoms with Gasteiger partial charge in [-0.2, -0.15) is 13.2 Å². The SMILES string of the molecule is CCCCC(CC)C(N)c1ccccc1C(F)(F)F. The Kier molecular flexibility index (Phi) is 5.85. The molecule has 0 heterocycles. The van der Waals surface area contributed by atoms with E-state index in [0.717, 1.165) is 31.7 Å². The maximum atomic E-state index is 13.0. The zero-order valence-electron chi connectivity index (χ0n) is 11.5. The highest BCUT2D eigenvalue weighted by molar-refractivity contribution is 5.32. The van der Waals surface area contributed by atoms with Gasteiger partial charge in [-0.3, -0.25) is 0 Å². The molecule has 0 radical (unpaired) electrons. The standard InChI is InChI=1S/C15H22F3N/c1-3-5-8-11(4-2)14(19)12-9-6-7-10-13(12)15(16,17)18/h6-7,9-11,14H,3-5,8,19H2,1-2H3. The third-order valence-corrected chi connectivity index (χ3v) is 3.59. The van der Waals surface area contributed by atoms with Gasteiger partial charge >= 0.3 is 6.18 Å². The Bertz CT molecular complexity index is 387. The van der Waals surface area contributed by atoms with Gasteiger partial charge in [0.2, 0.25) is 0 Å². The lowest BCUT2D eigenvalue weighted by molar-refractivity contribution is -0.138. The lowest BCUT2D eigenvalue weighted by atomic mass is 9.85. The van der Waals surface area contributed by atoms with Crippen LogP contribution in [-0.4, -0.2) is 0 Å². The van der Waals surface area contributed by atoms with Crippen LogP contribution in [-0.2, 0) is 6.18 Å². The molecule has 0 bridgehead atoms. The summed E-state index contributed by atoms with van der Waals surface area (Å²) in [5.74, 6) is 0.100. The largest absolute Gasteiger partial charge is 0.416 e. The Morgan fingerprint density at radius 1 is 1.16 bits per heavy atom. The van der Waals surface area contributed by atoms with Crippen LogP contribution < -0.4 is 5.73 Å². The van der Waals surface area contributed by atoms with Crippen LogP contribution in [0.2, 0.25) is 0 Å². The van der Waals surface area contributed by atoms with Crippen molar-refractivity contribution in [1.29, 1.82) is 0 Å². The Balaban J connectivity index is 3.01. The minimum Gasteiger partial charge on any atom is -0.324 e. The fourth-order valence-electron chi connectivity index (χ4n) is 2.40. The average Bonchev–Trinajstić information content (AvgIpc) is 2.38. The van der Waals surface area contributed by atoms with Crippen molar-refractivity contribution in [3.8, 4) is 0 Å². The van der Waals surface area contributed by atoms with Crippen molar-refractivity contribution in [1.82, 2.24) is 0 Å². The second kappa shape index (κ2) is 6.94. The summed E-state index contributed by atoms with van der Waals surface area (Å²) in [5, 5.41) is 0. The molecule has 1 nitrogen and oxygen atoms in total. The quantitative estimate of drug-likeness (QED) is 0.782. The van der Waals surface area contributed by atoms with Crippen molar-refractivity contribution in [2.24, 2.45) is 11.7 Å². The molecule has 1 aromatic rings. The van der Waals surface area contributed by atoms with E-state index < -0.39 is 17.8 Å². The molecule has 4 heteroatoms. The van der Waals surface area contributed by atoms with Crippen molar-refractivity contribution in [3.05, 3.63) is 35.4 Å². The number of unbranched alkanes of at least 4 members (excludes halogenated alkanes) is 1. The molecule has 0 amide bonds. The first-order valence-electron chi connectivity index (χ1n) is 6.83. The number of halogens is 3. The summed E-state index contributed by atoms with van der Waals surface area (Å²) in [6, 6.07) is 5.10. The summed E-state index contributed by atoms with van der Waals surface area (Å²) in [5.41, 5.74) is 5.71. The Morgan fingerprint density at radius 2 is 1.79 bits per heavy atom. The summed E-state index contributed by atoms with van der Waals surface area (Å²) in [7, 11) is 0. The number of nitrogens with two attached hydrogens (primary N) is 1. The van der Waals surface area contributed by atoms with Gasteiger partial charge in [0.05, 0.1) is 5.56 Å². The van der Waals surface area contributed by atoms with Crippen molar-refractivity contribution < 1.29 is 13.2 Å². The molecular formula is C15H22F3N. The second-order valence-electron chi connectivity index (χ2n) is 4.92. The van der Waals surface area contributed by atoms with E-state index in [4.69, 9.17) is 5.73 Å². The van der Waals surface area contributed by atoms with E-state index in [0.29, 0.717) is 0 Å². The minimum atomic E-state index is -4.34. The highest BCUT2D eigenvalue weighted by Crippen LogP contribution is 2.37. The maximum absolute atomic E-state index is 13.0. The number of benzene rings is 1. The fraction of sp³-hybridized carbons (Fsp3) is 0.600. The maximum Gasteiger partial charge on any atom is 0.416 e. The second-order valence-corrected chi connectivity index (χ2v) is 4.92. The molecular weight excluding hydrogens is 251 g/mol. The Morgan fingerprint density at radius 3 is 2.32 bits per heavy atom. The lowest BCUT2D eigenvalue weighted by Crippen LogP contribution is -2.24. The Hall–Kier alpha value is -1.03. The first-order valence-corrected chi connectivity index (χ1v) is 6.83. The molecule has 0 saturated heterocycles. The van der Waals surface area contributed by atoms with Gasteiger partial charge in [0.25, 0.3) is 0 Å². The number of rotatable bonds is 6. The number of hydrogen-bond donors (Lipinski definition) is 1. The van der Waals surface area contributed by atoms with Gasteiger partial charge in [-0.25, -0.2) is 0 Å². The Labute approximate surface area is 113 Å². The topological polar surface area (TPSA) is 26.0 Å². The average molecular weight is 273 g/mol. The third kappa shape index (κ3) is 4.23. The van der Waals surface area contributed by atoms with Crippen molar-refractivity contribution >= 4 is 0 Å². The van der Waals surface area contributed by atoms with E-state index in [1.807, 2.05) is 6.92 Å². The molecule has 0 aliphatic rings. The third-order valence-electron chi connectivity index (χ3n) is 3.59. The molecule has 2 unspecified atom stereocenters. The lowest BCUT2D eigenvalue weighted by Gasteiger charge is -2.25. The molecule has 0 aromatic heterocycles. The van der Waals surface area contributed by atoms with Crippen molar-refractivity contribution in [2.75, 3.05) is 0 Å². The van der Waals surface area contributed by atoms with E-state index in [1.54, 1.807) is 6.07 Å². The molecule has 2 N–H and O–H groups in total. The first-order chi connectivity index (χ1) is 8.91. The molecule has 0 aliphatic carbocycles. The van der Waals surface area contributed by atoms with Gasteiger partial charge in [-0.05, 0) is 24.0 Å². The molecule has 108 valence electrons. The predicted molar refractivity (Wildman–Crippen MR) is 71.7 cm³/mol. The molecule has 1 aromatic carbocycles. The summed E-state index contributed by atoms with van der Waals surface area (Å²) in [6.45, 7) is 4.05. The monoisotopic (exact) mass is 273 g/mol. The van der Waals surface area contributed by atoms with E-state index >= 15 is 0 Å². The van der Waals surface area contributed by atoms with E-state index in [1.165, 1.54) is 12.1 Å². The minimum absolute atomic E-state index is 0.100. The summed E-state index contributed by atoms with van der Waals surface area (Å²) < 4.78 is 38.9. The number of alkyl halides is 3. The smallest absolute Gasteiger partial charge is 0.324 e. The summed E-state index contributed by atoms with van der Waals surface area (Å²) >= 11 is 0. The van der Waals surface area contributed by atoms with Gasteiger partial charge in [0.15, 0.2) is 0 Å². The molecule has 0 spiro atoms. The highest BCUT2D eigenvalue weighted by Gasteiger charge is 2.35. The van der Waals surface area contributed by atoms with Crippen LogP contribution in [0.15, 0.2) is 24.3 Å². The summed E-state index contributed by atoms with van der Waals surface area (Å²) in [4.78, 5) is 0. The van der Waals surface area contributed by atoms with Crippen LogP contribution in [0.1, 0.15) is 56.7 Å². The van der Waals surface area contributed by atoms with Gasteiger partial charge in [0, 0.05) is 6.04 Å². The van der Waals surface area contributed by atoms with Crippen LogP contribution in [0.3, 0.4) is 0 Å². The van der Waals surface area contributed by atoms with Gasteiger partial charge in [0.1, 0.15) is 0 Å². The molecule has 0 fully saturated rings. The van der Waals surface area contributed by atoms with Gasteiger partial charge < -0.3 is 5.73 Å². The van der Waals surface area contributed by atoms with E-state index in [2.05, 4.69) is 6.92 Å². The van der Waals surface area contributed by atoms with E-state index in [-0.39, 0.29) is 11.5 Å². The first kappa shape index (κ1) is 16.0.